The molecular formula is C27H29F3N2O7S2. The summed E-state index contributed by atoms with van der Waals surface area (Å²) in [5, 5.41) is 11.3. The zero-order valence-corrected chi connectivity index (χ0v) is 23.9. The minimum atomic E-state index is -4.75. The summed E-state index contributed by atoms with van der Waals surface area (Å²) in [6, 6.07) is 12.0. The number of benzene rings is 2. The van der Waals surface area contributed by atoms with Crippen LogP contribution in [0, 0.1) is 19.3 Å². The zero-order valence-electron chi connectivity index (χ0n) is 22.3. The number of aliphatic hydroxyl groups is 1. The van der Waals surface area contributed by atoms with Crippen LogP contribution < -0.4 is 0 Å². The molecule has 1 heterocycles. The Kier molecular flexibility index (Phi) is 8.63. The topological polar surface area (TPSA) is 133 Å². The molecule has 222 valence electrons. The Hall–Kier alpha value is -2.91. The van der Waals surface area contributed by atoms with Gasteiger partial charge in [-0.1, -0.05) is 35.4 Å². The molecule has 1 aliphatic carbocycles. The van der Waals surface area contributed by atoms with Gasteiger partial charge >= 0.3 is 6.18 Å². The molecule has 41 heavy (non-hydrogen) atoms. The Morgan fingerprint density at radius 2 is 1.15 bits per heavy atom. The van der Waals surface area contributed by atoms with Gasteiger partial charge in [-0.15, -0.1) is 0 Å². The molecule has 0 radical (unpaired) electrons. The quantitative estimate of drug-likeness (QED) is 0.342. The Labute approximate surface area is 236 Å². The van der Waals surface area contributed by atoms with Crippen molar-refractivity contribution in [2.75, 3.05) is 13.2 Å². The first kappa shape index (κ1) is 31.0. The van der Waals surface area contributed by atoms with Crippen molar-refractivity contribution in [2.24, 2.45) is 5.41 Å². The van der Waals surface area contributed by atoms with Gasteiger partial charge in [0.15, 0.2) is 0 Å². The van der Waals surface area contributed by atoms with Crippen molar-refractivity contribution in [3.63, 3.8) is 0 Å². The van der Waals surface area contributed by atoms with Crippen LogP contribution >= 0.6 is 0 Å². The second-order valence-electron chi connectivity index (χ2n) is 10.4. The fourth-order valence-electron chi connectivity index (χ4n) is 4.48. The molecule has 1 aliphatic rings. The van der Waals surface area contributed by atoms with Gasteiger partial charge in [-0.3, -0.25) is 8.37 Å². The lowest BCUT2D eigenvalue weighted by atomic mass is 9.68. The predicted octanol–water partition coefficient (Wildman–Crippen LogP) is 4.67. The molecule has 0 bridgehead atoms. The highest BCUT2D eigenvalue weighted by Gasteiger charge is 2.45. The van der Waals surface area contributed by atoms with Crippen LogP contribution in [0.4, 0.5) is 13.2 Å². The van der Waals surface area contributed by atoms with E-state index in [9.17, 15) is 35.1 Å². The Bertz CT molecular complexity index is 1490. The molecule has 0 spiro atoms. The van der Waals surface area contributed by atoms with Crippen LogP contribution in [-0.2, 0) is 40.4 Å². The average Bonchev–Trinajstić information content (AvgIpc) is 2.92. The Morgan fingerprint density at radius 3 is 1.51 bits per heavy atom. The maximum absolute atomic E-state index is 12.9. The van der Waals surface area contributed by atoms with Gasteiger partial charge < -0.3 is 5.11 Å². The molecule has 3 aromatic rings. The monoisotopic (exact) mass is 614 g/mol. The third-order valence-corrected chi connectivity index (χ3v) is 9.80. The third-order valence-electron chi connectivity index (χ3n) is 7.24. The van der Waals surface area contributed by atoms with E-state index >= 15 is 0 Å². The number of rotatable bonds is 9. The third kappa shape index (κ3) is 7.30. The van der Waals surface area contributed by atoms with Gasteiger partial charge in [-0.05, 0) is 63.8 Å². The maximum atomic E-state index is 12.9. The Balaban J connectivity index is 1.56. The van der Waals surface area contributed by atoms with E-state index in [4.69, 9.17) is 8.37 Å². The number of hydrogen-bond acceptors (Lipinski definition) is 9. The van der Waals surface area contributed by atoms with E-state index in [0.29, 0.717) is 0 Å². The normalized spacial score (nSPS) is 17.3. The summed E-state index contributed by atoms with van der Waals surface area (Å²) >= 11 is 0. The summed E-state index contributed by atoms with van der Waals surface area (Å²) in [4.78, 5) is 6.47. The minimum absolute atomic E-state index is 0.0252. The summed E-state index contributed by atoms with van der Waals surface area (Å²) in [6.07, 6.45) is -3.02. The SMILES string of the molecule is Cc1ccc(S(=O)(=O)OCC2(COS(=O)(=O)c3ccc(C)cc3)CCC(O)(c3cnc(C(F)(F)F)nc3)CC2)cc1. The lowest BCUT2D eigenvalue weighted by Crippen LogP contribution is -2.43. The summed E-state index contributed by atoms with van der Waals surface area (Å²) in [5.41, 5.74) is -1.06. The van der Waals surface area contributed by atoms with Gasteiger partial charge in [0.1, 0.15) is 0 Å². The van der Waals surface area contributed by atoms with E-state index in [-0.39, 0.29) is 41.0 Å². The van der Waals surface area contributed by atoms with Gasteiger partial charge in [0.2, 0.25) is 5.82 Å². The Morgan fingerprint density at radius 1 is 0.756 bits per heavy atom. The predicted molar refractivity (Wildman–Crippen MR) is 140 cm³/mol. The van der Waals surface area contributed by atoms with Crippen molar-refractivity contribution in [1.82, 2.24) is 9.97 Å². The molecule has 0 atom stereocenters. The highest BCUT2D eigenvalue weighted by molar-refractivity contribution is 7.87. The van der Waals surface area contributed by atoms with Crippen molar-refractivity contribution >= 4 is 20.2 Å². The van der Waals surface area contributed by atoms with E-state index in [1.54, 1.807) is 38.1 Å². The summed E-state index contributed by atoms with van der Waals surface area (Å²) in [7, 11) is -8.44. The molecule has 1 N–H and O–H groups in total. The van der Waals surface area contributed by atoms with Gasteiger partial charge in [0.05, 0.1) is 28.6 Å². The fraction of sp³-hybridized carbons (Fsp3) is 0.407. The highest BCUT2D eigenvalue weighted by atomic mass is 32.2. The molecule has 9 nitrogen and oxygen atoms in total. The van der Waals surface area contributed by atoms with Gasteiger partial charge in [-0.2, -0.15) is 30.0 Å². The fourth-order valence-corrected chi connectivity index (χ4v) is 6.50. The van der Waals surface area contributed by atoms with Crippen LogP contribution in [-0.4, -0.2) is 45.1 Å². The van der Waals surface area contributed by atoms with Crippen molar-refractivity contribution in [3.05, 3.63) is 83.4 Å². The molecule has 0 unspecified atom stereocenters. The number of alkyl halides is 3. The van der Waals surface area contributed by atoms with Crippen LogP contribution in [0.15, 0.2) is 70.7 Å². The molecule has 1 fully saturated rings. The highest BCUT2D eigenvalue weighted by Crippen LogP contribution is 2.46. The molecule has 2 aromatic carbocycles. The molecule has 4 rings (SSSR count). The van der Waals surface area contributed by atoms with Crippen molar-refractivity contribution in [3.8, 4) is 0 Å². The van der Waals surface area contributed by atoms with Crippen LogP contribution in [0.1, 0.15) is 48.2 Å². The second kappa shape index (κ2) is 11.4. The average molecular weight is 615 g/mol. The van der Waals surface area contributed by atoms with Crippen molar-refractivity contribution in [2.45, 2.75) is 61.1 Å². The first-order valence-corrected chi connectivity index (χ1v) is 15.4. The van der Waals surface area contributed by atoms with E-state index in [0.717, 1.165) is 23.5 Å². The van der Waals surface area contributed by atoms with E-state index in [2.05, 4.69) is 9.97 Å². The lowest BCUT2D eigenvalue weighted by Gasteiger charge is -2.43. The van der Waals surface area contributed by atoms with Crippen LogP contribution in [0.2, 0.25) is 0 Å². The maximum Gasteiger partial charge on any atom is 0.451 e. The zero-order chi connectivity index (χ0) is 30.1. The van der Waals surface area contributed by atoms with Gasteiger partial charge in [0.25, 0.3) is 20.2 Å². The molecule has 14 heteroatoms. The molecular weight excluding hydrogens is 585 g/mol. The molecule has 0 saturated heterocycles. The first-order chi connectivity index (χ1) is 19.0. The number of halogens is 3. The van der Waals surface area contributed by atoms with E-state index in [1.165, 1.54) is 24.3 Å². The summed E-state index contributed by atoms with van der Waals surface area (Å²) in [6.45, 7) is 2.68. The molecule has 0 amide bonds. The van der Waals surface area contributed by atoms with Crippen molar-refractivity contribution < 1.29 is 43.5 Å². The van der Waals surface area contributed by atoms with E-state index < -0.39 is 56.5 Å². The van der Waals surface area contributed by atoms with Crippen LogP contribution in [0.3, 0.4) is 0 Å². The second-order valence-corrected chi connectivity index (χ2v) is 13.6. The molecule has 1 saturated carbocycles. The van der Waals surface area contributed by atoms with Gasteiger partial charge in [-0.25, -0.2) is 9.97 Å². The number of hydrogen-bond donors (Lipinski definition) is 1. The van der Waals surface area contributed by atoms with Crippen LogP contribution in [0.25, 0.3) is 0 Å². The number of nitrogens with zero attached hydrogens (tertiary/aromatic N) is 2. The lowest BCUT2D eigenvalue weighted by molar-refractivity contribution is -0.145. The smallest absolute Gasteiger partial charge is 0.385 e. The van der Waals surface area contributed by atoms with Crippen LogP contribution in [0.5, 0.6) is 0 Å². The minimum Gasteiger partial charge on any atom is -0.385 e. The molecule has 0 aliphatic heterocycles. The molecule has 1 aromatic heterocycles. The van der Waals surface area contributed by atoms with Crippen molar-refractivity contribution in [1.29, 1.82) is 0 Å². The number of aromatic nitrogens is 2. The van der Waals surface area contributed by atoms with E-state index in [1.807, 2.05) is 0 Å². The number of aryl methyl sites for hydroxylation is 2. The first-order valence-electron chi connectivity index (χ1n) is 12.6. The van der Waals surface area contributed by atoms with Gasteiger partial charge in [0, 0.05) is 23.4 Å². The standard InChI is InChI=1S/C27H29F3N2O7S2/c1-19-3-7-22(8-4-19)40(34,35)38-17-25(18-39-41(36,37)23-9-5-20(2)6-10-23)11-13-26(33,14-12-25)21-15-31-24(32-16-21)27(28,29)30/h3-10,15-16,33H,11-14,17-18H2,1-2H3. The summed E-state index contributed by atoms with van der Waals surface area (Å²) < 4.78 is 101. The summed E-state index contributed by atoms with van der Waals surface area (Å²) in [5.74, 6) is -1.35. The largest absolute Gasteiger partial charge is 0.451 e.